The van der Waals surface area contributed by atoms with E-state index in [-0.39, 0.29) is 45.8 Å². The van der Waals surface area contributed by atoms with E-state index >= 15 is 0 Å². The Morgan fingerprint density at radius 3 is 2.40 bits per heavy atom. The highest BCUT2D eigenvalue weighted by molar-refractivity contribution is 8.93. The van der Waals surface area contributed by atoms with Crippen molar-refractivity contribution in [2.24, 2.45) is 7.05 Å². The Morgan fingerprint density at radius 1 is 0.911 bits per heavy atom. The lowest BCUT2D eigenvalue weighted by molar-refractivity contribution is 0.0619. The number of carbonyl (C=O) groups is 2. The van der Waals surface area contributed by atoms with Gasteiger partial charge in [0.05, 0.1) is 21.9 Å². The number of aromatic nitrogens is 3. The molecule has 3 aromatic heterocycles. The summed E-state index contributed by atoms with van der Waals surface area (Å²) in [5, 5.41) is 4.35. The van der Waals surface area contributed by atoms with Crippen LogP contribution in [0.1, 0.15) is 26.4 Å². The minimum absolute atomic E-state index is 0. The molecule has 0 spiro atoms. The summed E-state index contributed by atoms with van der Waals surface area (Å²) in [6, 6.07) is 19.6. The average Bonchev–Trinajstić information content (AvgIpc) is 3.35. The molecular formula is C32H30Br2Cl2N6O3. The van der Waals surface area contributed by atoms with Crippen molar-refractivity contribution in [2.75, 3.05) is 31.5 Å². The van der Waals surface area contributed by atoms with E-state index in [9.17, 15) is 9.59 Å². The Kier molecular flexibility index (Phi) is 11.6. The van der Waals surface area contributed by atoms with E-state index in [1.807, 2.05) is 53.0 Å². The number of piperazine rings is 1. The van der Waals surface area contributed by atoms with Gasteiger partial charge in [-0.3, -0.25) is 19.5 Å². The molecule has 1 aliphatic heterocycles. The fraction of sp³-hybridized carbons (Fsp3) is 0.188. The lowest BCUT2D eigenvalue weighted by Crippen LogP contribution is -2.48. The fourth-order valence-corrected chi connectivity index (χ4v) is 5.39. The van der Waals surface area contributed by atoms with E-state index in [4.69, 9.17) is 27.9 Å². The van der Waals surface area contributed by atoms with Gasteiger partial charge in [-0.05, 0) is 60.2 Å². The molecule has 0 radical (unpaired) electrons. The summed E-state index contributed by atoms with van der Waals surface area (Å²) in [7, 11) is 1.90. The minimum Gasteiger partial charge on any atom is -0.439 e. The second-order valence-electron chi connectivity index (χ2n) is 10.3. The predicted octanol–water partition coefficient (Wildman–Crippen LogP) is 7.43. The van der Waals surface area contributed by atoms with Crippen molar-refractivity contribution in [3.05, 3.63) is 112 Å². The third kappa shape index (κ3) is 8.03. The number of ether oxygens (including phenoxy) is 1. The first-order chi connectivity index (χ1) is 20.8. The summed E-state index contributed by atoms with van der Waals surface area (Å²) in [6.45, 7) is 3.80. The molecule has 13 heteroatoms. The molecule has 5 aromatic rings. The van der Waals surface area contributed by atoms with Crippen molar-refractivity contribution in [3.63, 3.8) is 0 Å². The summed E-state index contributed by atoms with van der Waals surface area (Å²) >= 11 is 12.0. The number of benzene rings is 2. The first-order valence-corrected chi connectivity index (χ1v) is 14.5. The van der Waals surface area contributed by atoms with Crippen LogP contribution in [-0.4, -0.2) is 62.3 Å². The van der Waals surface area contributed by atoms with E-state index in [0.29, 0.717) is 51.7 Å². The van der Waals surface area contributed by atoms with Crippen molar-refractivity contribution in [1.29, 1.82) is 0 Å². The van der Waals surface area contributed by atoms with E-state index in [1.165, 1.54) is 17.8 Å². The summed E-state index contributed by atoms with van der Waals surface area (Å²) in [5.74, 6) is 0.632. The van der Waals surface area contributed by atoms with Crippen LogP contribution in [-0.2, 0) is 13.6 Å². The van der Waals surface area contributed by atoms with Crippen LogP contribution >= 0.6 is 57.2 Å². The van der Waals surface area contributed by atoms with Crippen molar-refractivity contribution in [1.82, 2.24) is 24.3 Å². The summed E-state index contributed by atoms with van der Waals surface area (Å²) in [5.41, 5.74) is 3.62. The first-order valence-electron chi connectivity index (χ1n) is 13.7. The van der Waals surface area contributed by atoms with Gasteiger partial charge in [0.15, 0.2) is 0 Å². The SMILES string of the molecule is Br.Br.Cn1c(C(=O)N2CCN(Cc3cccnc3)CC2)cc2cc(Oc3ccc(NC(=O)c4ccc(Cl)c(Cl)c4)cn3)ccc21. The van der Waals surface area contributed by atoms with Crippen LogP contribution in [0.5, 0.6) is 11.6 Å². The molecular weight excluding hydrogens is 747 g/mol. The quantitative estimate of drug-likeness (QED) is 0.185. The normalized spacial score (nSPS) is 13.1. The van der Waals surface area contributed by atoms with Crippen molar-refractivity contribution in [2.45, 2.75) is 6.54 Å². The lowest BCUT2D eigenvalue weighted by Gasteiger charge is -2.34. The number of rotatable bonds is 7. The number of nitrogens with one attached hydrogen (secondary N) is 1. The van der Waals surface area contributed by atoms with Crippen LogP contribution in [0, 0.1) is 0 Å². The molecule has 45 heavy (non-hydrogen) atoms. The molecule has 0 saturated carbocycles. The van der Waals surface area contributed by atoms with Gasteiger partial charge in [-0.1, -0.05) is 29.3 Å². The van der Waals surface area contributed by atoms with Crippen LogP contribution < -0.4 is 10.1 Å². The van der Waals surface area contributed by atoms with Crippen LogP contribution in [0.4, 0.5) is 5.69 Å². The molecule has 6 rings (SSSR count). The number of fused-ring (bicyclic) bond motifs is 1. The Bertz CT molecular complexity index is 1800. The number of aryl methyl sites for hydroxylation is 1. The second kappa shape index (κ2) is 15.2. The molecule has 0 aliphatic carbocycles. The zero-order valence-electron chi connectivity index (χ0n) is 24.2. The maximum Gasteiger partial charge on any atom is 0.270 e. The van der Waals surface area contributed by atoms with Crippen molar-refractivity contribution in [3.8, 4) is 11.6 Å². The number of nitrogens with zero attached hydrogens (tertiary/aromatic N) is 5. The average molecular weight is 777 g/mol. The third-order valence-corrected chi connectivity index (χ3v) is 8.16. The number of amides is 2. The molecule has 1 fully saturated rings. The van der Waals surface area contributed by atoms with Crippen LogP contribution in [0.15, 0.2) is 85.3 Å². The molecule has 4 heterocycles. The molecule has 2 amide bonds. The maximum atomic E-state index is 13.5. The van der Waals surface area contributed by atoms with E-state index in [1.54, 1.807) is 30.5 Å². The van der Waals surface area contributed by atoms with Gasteiger partial charge in [0.25, 0.3) is 11.8 Å². The van der Waals surface area contributed by atoms with Crippen molar-refractivity contribution >= 4 is 85.6 Å². The Labute approximate surface area is 291 Å². The van der Waals surface area contributed by atoms with E-state index < -0.39 is 0 Å². The molecule has 9 nitrogen and oxygen atoms in total. The summed E-state index contributed by atoms with van der Waals surface area (Å²) < 4.78 is 7.90. The second-order valence-corrected chi connectivity index (χ2v) is 11.1. The van der Waals surface area contributed by atoms with Crippen LogP contribution in [0.25, 0.3) is 10.9 Å². The number of pyridine rings is 2. The fourth-order valence-electron chi connectivity index (χ4n) is 5.09. The number of halogens is 4. The van der Waals surface area contributed by atoms with Gasteiger partial charge in [-0.25, -0.2) is 4.98 Å². The Balaban J connectivity index is 0.00000230. The highest BCUT2D eigenvalue weighted by Crippen LogP contribution is 2.28. The highest BCUT2D eigenvalue weighted by Gasteiger charge is 2.25. The molecule has 2 aromatic carbocycles. The van der Waals surface area contributed by atoms with E-state index in [0.717, 1.165) is 30.5 Å². The van der Waals surface area contributed by atoms with Gasteiger partial charge < -0.3 is 19.5 Å². The van der Waals surface area contributed by atoms with Crippen LogP contribution in [0.3, 0.4) is 0 Å². The largest absolute Gasteiger partial charge is 0.439 e. The summed E-state index contributed by atoms with van der Waals surface area (Å²) in [4.78, 5) is 38.8. The standard InChI is InChI=1S/C32H28Cl2N6O3.2BrH/c1-38-28-8-6-25(43-30-9-5-24(19-36-30)37-31(41)22-4-7-26(33)27(34)16-22)15-23(28)17-29(38)32(42)40-13-11-39(12-14-40)20-21-3-2-10-35-18-21;;/h2-10,15-19H,11-14,20H2,1H3,(H,37,41);2*1H. The molecule has 234 valence electrons. The number of anilines is 1. The molecule has 1 aliphatic rings. The number of carbonyl (C=O) groups excluding carboxylic acids is 2. The Hall–Kier alpha value is -3.48. The predicted molar refractivity (Wildman–Crippen MR) is 188 cm³/mol. The van der Waals surface area contributed by atoms with Crippen LogP contribution in [0.2, 0.25) is 10.0 Å². The monoisotopic (exact) mass is 774 g/mol. The van der Waals surface area contributed by atoms with Gasteiger partial charge in [-0.15, -0.1) is 34.0 Å². The van der Waals surface area contributed by atoms with Crippen molar-refractivity contribution < 1.29 is 14.3 Å². The van der Waals surface area contributed by atoms with Gasteiger partial charge in [-0.2, -0.15) is 0 Å². The summed E-state index contributed by atoms with van der Waals surface area (Å²) in [6.07, 6.45) is 5.17. The zero-order valence-corrected chi connectivity index (χ0v) is 29.1. The zero-order chi connectivity index (χ0) is 29.9. The van der Waals surface area contributed by atoms with Gasteiger partial charge in [0.2, 0.25) is 5.88 Å². The molecule has 1 saturated heterocycles. The smallest absolute Gasteiger partial charge is 0.270 e. The van der Waals surface area contributed by atoms with Gasteiger partial charge in [0, 0.05) is 74.7 Å². The molecule has 0 atom stereocenters. The molecule has 0 bridgehead atoms. The Morgan fingerprint density at radius 2 is 1.71 bits per heavy atom. The first kappa shape index (κ1) is 34.4. The lowest BCUT2D eigenvalue weighted by atomic mass is 10.2. The highest BCUT2D eigenvalue weighted by atomic mass is 79.9. The van der Waals surface area contributed by atoms with Gasteiger partial charge in [0.1, 0.15) is 11.4 Å². The molecule has 1 N–H and O–H groups in total. The van der Waals surface area contributed by atoms with E-state index in [2.05, 4.69) is 26.3 Å². The third-order valence-electron chi connectivity index (χ3n) is 7.42. The maximum absolute atomic E-state index is 13.5. The van der Waals surface area contributed by atoms with Gasteiger partial charge >= 0.3 is 0 Å². The topological polar surface area (TPSA) is 92.6 Å². The number of hydrogen-bond donors (Lipinski definition) is 1. The number of hydrogen-bond acceptors (Lipinski definition) is 6. The molecule has 0 unspecified atom stereocenters. The minimum atomic E-state index is -0.333.